The number of carbonyl (C=O) groups is 1. The average molecular weight is 172 g/mol. The molecule has 1 aromatic heterocycles. The van der Waals surface area contributed by atoms with Crippen molar-refractivity contribution in [1.29, 1.82) is 0 Å². The van der Waals surface area contributed by atoms with Crippen LogP contribution in [-0.4, -0.2) is 16.2 Å². The molecule has 0 amide bonds. The second kappa shape index (κ2) is 2.49. The number of carboxylic acid groups (broad SMARTS) is 1. The molecule has 1 unspecified atom stereocenters. The smallest absolute Gasteiger partial charge is 0.328 e. The predicted octanol–water partition coefficient (Wildman–Crippen LogP) is -0.774. The maximum absolute atomic E-state index is 10.9. The zero-order chi connectivity index (χ0) is 9.35. The molecule has 0 aliphatic carbocycles. The number of hydrogen-bond acceptors (Lipinski definition) is 4. The molecule has 0 aliphatic heterocycles. The standard InChI is InChI=1S/C6H8N2O4/c1-6(7,5(10)11)3-2-12-8-4(3)9/h2H,7H2,1H3,(H,8,9)(H,10,11). The third kappa shape index (κ3) is 1.12. The highest BCUT2D eigenvalue weighted by molar-refractivity contribution is 5.79. The SMILES string of the molecule is CC(N)(C(=O)O)c1co[nH]c1=O. The van der Waals surface area contributed by atoms with Crippen LogP contribution in [0.4, 0.5) is 0 Å². The van der Waals surface area contributed by atoms with Crippen LogP contribution in [0.3, 0.4) is 0 Å². The minimum absolute atomic E-state index is 0.102. The summed E-state index contributed by atoms with van der Waals surface area (Å²) in [5.41, 5.74) is 2.91. The van der Waals surface area contributed by atoms with Gasteiger partial charge in [-0.1, -0.05) is 0 Å². The first-order valence-corrected chi connectivity index (χ1v) is 3.15. The summed E-state index contributed by atoms with van der Waals surface area (Å²) in [6.45, 7) is 1.22. The third-order valence-electron chi connectivity index (χ3n) is 1.58. The Morgan fingerprint density at radius 2 is 2.42 bits per heavy atom. The van der Waals surface area contributed by atoms with E-state index < -0.39 is 17.1 Å². The number of aliphatic carboxylic acids is 1. The molecule has 1 atom stereocenters. The molecule has 1 heterocycles. The zero-order valence-electron chi connectivity index (χ0n) is 6.33. The summed E-state index contributed by atoms with van der Waals surface area (Å²) in [5, 5.41) is 10.6. The van der Waals surface area contributed by atoms with Crippen molar-refractivity contribution < 1.29 is 14.4 Å². The summed E-state index contributed by atoms with van der Waals surface area (Å²) < 4.78 is 4.40. The molecular formula is C6H8N2O4. The lowest BCUT2D eigenvalue weighted by Gasteiger charge is -2.14. The van der Waals surface area contributed by atoms with E-state index in [9.17, 15) is 9.59 Å². The molecule has 0 bridgehead atoms. The highest BCUT2D eigenvalue weighted by Crippen LogP contribution is 2.12. The second-order valence-corrected chi connectivity index (χ2v) is 2.59. The molecule has 0 spiro atoms. The van der Waals surface area contributed by atoms with E-state index in [-0.39, 0.29) is 5.56 Å². The van der Waals surface area contributed by atoms with Crippen LogP contribution >= 0.6 is 0 Å². The fourth-order valence-electron chi connectivity index (χ4n) is 0.724. The first kappa shape index (κ1) is 8.54. The summed E-state index contributed by atoms with van der Waals surface area (Å²) in [4.78, 5) is 21.4. The first-order chi connectivity index (χ1) is 5.46. The van der Waals surface area contributed by atoms with Gasteiger partial charge < -0.3 is 15.4 Å². The Kier molecular flexibility index (Phi) is 1.77. The molecule has 0 saturated heterocycles. The van der Waals surface area contributed by atoms with Gasteiger partial charge in [0, 0.05) is 0 Å². The van der Waals surface area contributed by atoms with E-state index in [1.807, 2.05) is 5.16 Å². The molecule has 1 aromatic rings. The largest absolute Gasteiger partial charge is 0.480 e. The van der Waals surface area contributed by atoms with Crippen LogP contribution in [0.25, 0.3) is 0 Å². The summed E-state index contributed by atoms with van der Waals surface area (Å²) in [6.07, 6.45) is 0.996. The van der Waals surface area contributed by atoms with Crippen LogP contribution in [0.1, 0.15) is 12.5 Å². The van der Waals surface area contributed by atoms with E-state index in [0.29, 0.717) is 0 Å². The quantitative estimate of drug-likeness (QED) is 0.542. The monoisotopic (exact) mass is 172 g/mol. The number of carboxylic acids is 1. The van der Waals surface area contributed by atoms with Crippen molar-refractivity contribution in [3.8, 4) is 0 Å². The van der Waals surface area contributed by atoms with Crippen molar-refractivity contribution in [2.45, 2.75) is 12.5 Å². The van der Waals surface area contributed by atoms with Gasteiger partial charge in [-0.3, -0.25) is 4.79 Å². The molecular weight excluding hydrogens is 164 g/mol. The Labute approximate surface area is 66.9 Å². The number of hydrogen-bond donors (Lipinski definition) is 3. The number of nitrogens with one attached hydrogen (secondary N) is 1. The molecule has 66 valence electrons. The van der Waals surface area contributed by atoms with Crippen LogP contribution in [0.2, 0.25) is 0 Å². The van der Waals surface area contributed by atoms with Gasteiger partial charge in [0.2, 0.25) is 0 Å². The van der Waals surface area contributed by atoms with Gasteiger partial charge in [0.15, 0.2) is 0 Å². The average Bonchev–Trinajstić information content (AvgIpc) is 2.35. The van der Waals surface area contributed by atoms with Crippen LogP contribution in [0.15, 0.2) is 15.6 Å². The van der Waals surface area contributed by atoms with E-state index in [4.69, 9.17) is 10.8 Å². The number of aromatic nitrogens is 1. The van der Waals surface area contributed by atoms with Gasteiger partial charge in [-0.15, -0.1) is 0 Å². The van der Waals surface area contributed by atoms with Gasteiger partial charge in [-0.2, -0.15) is 5.16 Å². The predicted molar refractivity (Wildman–Crippen MR) is 38.5 cm³/mol. The Balaban J connectivity index is 3.23. The molecule has 6 nitrogen and oxygen atoms in total. The van der Waals surface area contributed by atoms with E-state index in [0.717, 1.165) is 6.26 Å². The molecule has 0 aromatic carbocycles. The minimum atomic E-state index is -1.71. The summed E-state index contributed by atoms with van der Waals surface area (Å²) in [7, 11) is 0. The van der Waals surface area contributed by atoms with Crippen LogP contribution in [0.5, 0.6) is 0 Å². The summed E-state index contributed by atoms with van der Waals surface area (Å²) in [6, 6.07) is 0. The Hall–Kier alpha value is -1.56. The van der Waals surface area contributed by atoms with Crippen molar-refractivity contribution in [3.05, 3.63) is 22.2 Å². The van der Waals surface area contributed by atoms with Gasteiger partial charge in [0.1, 0.15) is 11.8 Å². The first-order valence-electron chi connectivity index (χ1n) is 3.15. The normalized spacial score (nSPS) is 15.5. The molecule has 12 heavy (non-hydrogen) atoms. The lowest BCUT2D eigenvalue weighted by atomic mass is 9.97. The maximum atomic E-state index is 10.9. The number of aromatic amines is 1. The highest BCUT2D eigenvalue weighted by Gasteiger charge is 2.34. The third-order valence-corrected chi connectivity index (χ3v) is 1.58. The van der Waals surface area contributed by atoms with Gasteiger partial charge in [-0.25, -0.2) is 4.79 Å². The van der Waals surface area contributed by atoms with Gasteiger partial charge in [0.05, 0.1) is 5.56 Å². The zero-order valence-corrected chi connectivity index (χ0v) is 6.33. The second-order valence-electron chi connectivity index (χ2n) is 2.59. The van der Waals surface area contributed by atoms with Crippen LogP contribution in [0, 0.1) is 0 Å². The van der Waals surface area contributed by atoms with Crippen molar-refractivity contribution in [1.82, 2.24) is 5.16 Å². The van der Waals surface area contributed by atoms with Crippen molar-refractivity contribution in [2.75, 3.05) is 0 Å². The number of nitrogens with two attached hydrogens (primary N) is 1. The lowest BCUT2D eigenvalue weighted by molar-refractivity contribution is -0.143. The van der Waals surface area contributed by atoms with E-state index in [2.05, 4.69) is 4.52 Å². The summed E-state index contributed by atoms with van der Waals surface area (Å²) >= 11 is 0. The Morgan fingerprint density at radius 3 is 2.75 bits per heavy atom. The minimum Gasteiger partial charge on any atom is -0.480 e. The van der Waals surface area contributed by atoms with Gasteiger partial charge in [-0.05, 0) is 6.92 Å². The molecule has 1 rings (SSSR count). The Morgan fingerprint density at radius 1 is 1.83 bits per heavy atom. The molecule has 0 saturated carbocycles. The fraction of sp³-hybridized carbons (Fsp3) is 0.333. The summed E-state index contributed by atoms with van der Waals surface area (Å²) in [5.74, 6) is -1.28. The maximum Gasteiger partial charge on any atom is 0.328 e. The number of H-pyrrole nitrogens is 1. The van der Waals surface area contributed by atoms with Crippen molar-refractivity contribution in [3.63, 3.8) is 0 Å². The van der Waals surface area contributed by atoms with Gasteiger partial charge in [0.25, 0.3) is 5.56 Å². The molecule has 0 radical (unpaired) electrons. The van der Waals surface area contributed by atoms with E-state index in [1.165, 1.54) is 6.92 Å². The molecule has 4 N–H and O–H groups in total. The molecule has 6 heteroatoms. The van der Waals surface area contributed by atoms with Crippen LogP contribution in [-0.2, 0) is 10.3 Å². The van der Waals surface area contributed by atoms with Gasteiger partial charge >= 0.3 is 5.97 Å². The molecule has 0 fully saturated rings. The number of rotatable bonds is 2. The van der Waals surface area contributed by atoms with E-state index >= 15 is 0 Å². The van der Waals surface area contributed by atoms with Crippen molar-refractivity contribution in [2.24, 2.45) is 5.73 Å². The van der Waals surface area contributed by atoms with Crippen LogP contribution < -0.4 is 11.3 Å². The molecule has 0 aliphatic rings. The lowest BCUT2D eigenvalue weighted by Crippen LogP contribution is -2.44. The van der Waals surface area contributed by atoms with Crippen molar-refractivity contribution >= 4 is 5.97 Å². The Bertz CT molecular complexity index is 348. The fourth-order valence-corrected chi connectivity index (χ4v) is 0.724. The topological polar surface area (TPSA) is 109 Å². The van der Waals surface area contributed by atoms with E-state index in [1.54, 1.807) is 0 Å². The highest BCUT2D eigenvalue weighted by atomic mass is 16.5.